The Bertz CT molecular complexity index is 412. The molecule has 1 saturated carbocycles. The number of benzene rings is 1. The quantitative estimate of drug-likeness (QED) is 0.765. The molecule has 118 valence electrons. The second-order valence-corrected chi connectivity index (χ2v) is 7.48. The molecule has 0 atom stereocenters. The van der Waals surface area contributed by atoms with E-state index in [4.69, 9.17) is 0 Å². The molecule has 0 unspecified atom stereocenters. The average molecular weight is 288 g/mol. The second-order valence-electron chi connectivity index (χ2n) is 7.48. The summed E-state index contributed by atoms with van der Waals surface area (Å²) in [6, 6.07) is 10.0. The lowest BCUT2D eigenvalue weighted by molar-refractivity contribution is 0.250. The van der Waals surface area contributed by atoms with E-state index in [1.807, 2.05) is 0 Å². The van der Waals surface area contributed by atoms with Gasteiger partial charge < -0.3 is 5.32 Å². The molecule has 1 aliphatic rings. The molecule has 0 aliphatic heterocycles. The van der Waals surface area contributed by atoms with E-state index in [1.165, 1.54) is 43.4 Å². The Hall–Kier alpha value is -0.860. The van der Waals surface area contributed by atoms with Crippen LogP contribution < -0.4 is 5.32 Å². The van der Waals surface area contributed by atoms with E-state index in [0.717, 1.165) is 19.1 Å². The monoisotopic (exact) mass is 288 g/mol. The lowest BCUT2D eigenvalue weighted by Crippen LogP contribution is -2.35. The summed E-state index contributed by atoms with van der Waals surface area (Å²) in [7, 11) is 0. The molecular weight excluding hydrogens is 256 g/mol. The first-order valence-electron chi connectivity index (χ1n) is 8.55. The predicted molar refractivity (Wildman–Crippen MR) is 91.4 cm³/mol. The van der Waals surface area contributed by atoms with Gasteiger partial charge in [0.1, 0.15) is 0 Å². The Morgan fingerprint density at radius 2 is 1.71 bits per heavy atom. The molecule has 1 aromatic rings. The Morgan fingerprint density at radius 1 is 1.10 bits per heavy atom. The van der Waals surface area contributed by atoms with E-state index in [9.17, 15) is 0 Å². The third-order valence-electron chi connectivity index (χ3n) is 4.09. The van der Waals surface area contributed by atoms with E-state index in [2.05, 4.69) is 62.2 Å². The van der Waals surface area contributed by atoms with E-state index < -0.39 is 0 Å². The average Bonchev–Trinajstić information content (AvgIpc) is 3.26. The summed E-state index contributed by atoms with van der Waals surface area (Å²) in [4.78, 5) is 2.67. The lowest BCUT2D eigenvalue weighted by Gasteiger charge is -2.22. The van der Waals surface area contributed by atoms with E-state index in [-0.39, 0.29) is 5.54 Å². The second kappa shape index (κ2) is 7.42. The fourth-order valence-corrected chi connectivity index (χ4v) is 2.56. The van der Waals surface area contributed by atoms with Gasteiger partial charge in [-0.25, -0.2) is 0 Å². The molecule has 0 radical (unpaired) electrons. The first-order valence-corrected chi connectivity index (χ1v) is 8.55. The van der Waals surface area contributed by atoms with E-state index >= 15 is 0 Å². The van der Waals surface area contributed by atoms with Crippen LogP contribution in [0.2, 0.25) is 0 Å². The SMILES string of the molecule is CCCCN(Cc1ccc(CNC(C)(C)C)cc1)C1CC1. The van der Waals surface area contributed by atoms with Crippen LogP contribution >= 0.6 is 0 Å². The van der Waals surface area contributed by atoms with Crippen LogP contribution in [0, 0.1) is 0 Å². The van der Waals surface area contributed by atoms with Gasteiger partial charge in [-0.2, -0.15) is 0 Å². The van der Waals surface area contributed by atoms with Crippen molar-refractivity contribution in [3.8, 4) is 0 Å². The minimum Gasteiger partial charge on any atom is -0.308 e. The highest BCUT2D eigenvalue weighted by molar-refractivity contribution is 5.22. The maximum atomic E-state index is 3.54. The van der Waals surface area contributed by atoms with Crippen LogP contribution in [-0.2, 0) is 13.1 Å². The van der Waals surface area contributed by atoms with Gasteiger partial charge in [0.15, 0.2) is 0 Å². The van der Waals surface area contributed by atoms with Gasteiger partial charge in [0.25, 0.3) is 0 Å². The van der Waals surface area contributed by atoms with Crippen molar-refractivity contribution in [2.24, 2.45) is 0 Å². The van der Waals surface area contributed by atoms with Crippen molar-refractivity contribution in [1.82, 2.24) is 10.2 Å². The number of hydrogen-bond donors (Lipinski definition) is 1. The van der Waals surface area contributed by atoms with Gasteiger partial charge in [-0.3, -0.25) is 4.90 Å². The molecule has 0 saturated heterocycles. The van der Waals surface area contributed by atoms with Gasteiger partial charge in [-0.15, -0.1) is 0 Å². The van der Waals surface area contributed by atoms with Crippen LogP contribution in [0.4, 0.5) is 0 Å². The van der Waals surface area contributed by atoms with Crippen molar-refractivity contribution in [2.45, 2.75) is 78.0 Å². The summed E-state index contributed by atoms with van der Waals surface area (Å²) >= 11 is 0. The molecule has 1 N–H and O–H groups in total. The van der Waals surface area contributed by atoms with Gasteiger partial charge in [-0.05, 0) is 57.7 Å². The van der Waals surface area contributed by atoms with Gasteiger partial charge >= 0.3 is 0 Å². The Balaban J connectivity index is 1.85. The molecule has 0 bridgehead atoms. The molecular formula is C19H32N2. The molecule has 1 aromatic carbocycles. The first kappa shape index (κ1) is 16.5. The van der Waals surface area contributed by atoms with E-state index in [0.29, 0.717) is 0 Å². The Kier molecular flexibility index (Phi) is 5.83. The Morgan fingerprint density at radius 3 is 2.24 bits per heavy atom. The molecule has 2 rings (SSSR count). The van der Waals surface area contributed by atoms with Crippen molar-refractivity contribution in [3.63, 3.8) is 0 Å². The summed E-state index contributed by atoms with van der Waals surface area (Å²) < 4.78 is 0. The summed E-state index contributed by atoms with van der Waals surface area (Å²) in [6.45, 7) is 12.2. The normalized spacial score (nSPS) is 15.7. The van der Waals surface area contributed by atoms with Crippen LogP contribution in [0.5, 0.6) is 0 Å². The zero-order valence-electron chi connectivity index (χ0n) is 14.3. The van der Waals surface area contributed by atoms with Crippen LogP contribution in [0.1, 0.15) is 64.5 Å². The summed E-state index contributed by atoms with van der Waals surface area (Å²) in [5.74, 6) is 0. The standard InChI is InChI=1S/C19H32N2/c1-5-6-13-21(18-11-12-18)15-17-9-7-16(8-10-17)14-20-19(2,3)4/h7-10,18,20H,5-6,11-15H2,1-4H3. The first-order chi connectivity index (χ1) is 9.98. The molecule has 1 aliphatic carbocycles. The number of hydrogen-bond acceptors (Lipinski definition) is 2. The zero-order chi connectivity index (χ0) is 15.3. The number of nitrogens with zero attached hydrogens (tertiary/aromatic N) is 1. The smallest absolute Gasteiger partial charge is 0.0236 e. The van der Waals surface area contributed by atoms with Crippen LogP contribution in [0.25, 0.3) is 0 Å². The van der Waals surface area contributed by atoms with Crippen molar-refractivity contribution >= 4 is 0 Å². The largest absolute Gasteiger partial charge is 0.308 e. The Labute approximate surface area is 130 Å². The molecule has 0 aromatic heterocycles. The van der Waals surface area contributed by atoms with Gasteiger partial charge in [0.05, 0.1) is 0 Å². The highest BCUT2D eigenvalue weighted by Gasteiger charge is 2.28. The fourth-order valence-electron chi connectivity index (χ4n) is 2.56. The summed E-state index contributed by atoms with van der Waals surface area (Å²) in [6.07, 6.45) is 5.42. The third kappa shape index (κ3) is 6.19. The topological polar surface area (TPSA) is 15.3 Å². The maximum Gasteiger partial charge on any atom is 0.0236 e. The van der Waals surface area contributed by atoms with Crippen molar-refractivity contribution in [2.75, 3.05) is 6.54 Å². The molecule has 0 amide bonds. The summed E-state index contributed by atoms with van der Waals surface area (Å²) in [5.41, 5.74) is 3.01. The lowest BCUT2D eigenvalue weighted by atomic mass is 10.1. The van der Waals surface area contributed by atoms with Crippen LogP contribution in [-0.4, -0.2) is 23.0 Å². The minimum atomic E-state index is 0.182. The highest BCUT2D eigenvalue weighted by atomic mass is 15.2. The molecule has 1 fully saturated rings. The molecule has 2 nitrogen and oxygen atoms in total. The van der Waals surface area contributed by atoms with Crippen LogP contribution in [0.3, 0.4) is 0 Å². The predicted octanol–water partition coefficient (Wildman–Crippen LogP) is 4.34. The minimum absolute atomic E-state index is 0.182. The van der Waals surface area contributed by atoms with Gasteiger partial charge in [0, 0.05) is 24.7 Å². The van der Waals surface area contributed by atoms with E-state index in [1.54, 1.807) is 0 Å². The maximum absolute atomic E-state index is 3.54. The van der Waals surface area contributed by atoms with Crippen molar-refractivity contribution in [1.29, 1.82) is 0 Å². The third-order valence-corrected chi connectivity index (χ3v) is 4.09. The highest BCUT2D eigenvalue weighted by Crippen LogP contribution is 2.28. The molecule has 21 heavy (non-hydrogen) atoms. The van der Waals surface area contributed by atoms with Crippen molar-refractivity contribution < 1.29 is 0 Å². The molecule has 2 heteroatoms. The van der Waals surface area contributed by atoms with Crippen LogP contribution in [0.15, 0.2) is 24.3 Å². The van der Waals surface area contributed by atoms with Gasteiger partial charge in [0.2, 0.25) is 0 Å². The molecule has 0 spiro atoms. The van der Waals surface area contributed by atoms with Crippen molar-refractivity contribution in [3.05, 3.63) is 35.4 Å². The number of unbranched alkanes of at least 4 members (excludes halogenated alkanes) is 1. The fraction of sp³-hybridized carbons (Fsp3) is 0.684. The van der Waals surface area contributed by atoms with Gasteiger partial charge in [-0.1, -0.05) is 37.6 Å². The number of rotatable bonds is 8. The number of nitrogens with one attached hydrogen (secondary N) is 1. The summed E-state index contributed by atoms with van der Waals surface area (Å²) in [5, 5.41) is 3.54. The molecule has 0 heterocycles. The zero-order valence-corrected chi connectivity index (χ0v) is 14.3.